The van der Waals surface area contributed by atoms with E-state index < -0.39 is 0 Å². The molecule has 3 nitrogen and oxygen atoms in total. The number of hydrogen-bond acceptors (Lipinski definition) is 3. The third-order valence-electron chi connectivity index (χ3n) is 2.20. The molecule has 0 radical (unpaired) electrons. The quantitative estimate of drug-likeness (QED) is 0.652. The predicted octanol–water partition coefficient (Wildman–Crippen LogP) is 0.900. The van der Waals surface area contributed by atoms with Gasteiger partial charge in [0.25, 0.3) is 0 Å². The van der Waals surface area contributed by atoms with E-state index in [1.807, 2.05) is 6.07 Å². The molecule has 0 aliphatic carbocycles. The van der Waals surface area contributed by atoms with Crippen LogP contribution < -0.4 is 11.1 Å². The van der Waals surface area contributed by atoms with Gasteiger partial charge in [0, 0.05) is 12.2 Å². The topological polar surface area (TPSA) is 58.3 Å². The highest BCUT2D eigenvalue weighted by Gasteiger charge is 1.98. The number of nitrogens with two attached hydrogens (primary N) is 1. The fourth-order valence-corrected chi connectivity index (χ4v) is 1.44. The highest BCUT2D eigenvalue weighted by atomic mass is 16.3. The maximum Gasteiger partial charge on any atom is 0.0604 e. The molecule has 0 spiro atoms. The molecule has 14 heavy (non-hydrogen) atoms. The molecule has 1 aromatic carbocycles. The third-order valence-corrected chi connectivity index (χ3v) is 2.20. The molecule has 0 fully saturated rings. The number of anilines is 1. The summed E-state index contributed by atoms with van der Waals surface area (Å²) in [6, 6.07) is 6.19. The molecule has 0 saturated carbocycles. The summed E-state index contributed by atoms with van der Waals surface area (Å²) in [5.41, 5.74) is 9.09. The molecule has 1 rings (SSSR count). The van der Waals surface area contributed by atoms with E-state index in [9.17, 15) is 0 Å². The summed E-state index contributed by atoms with van der Waals surface area (Å²) in [5, 5.41) is 11.8. The first-order chi connectivity index (χ1) is 6.77. The zero-order chi connectivity index (χ0) is 10.4. The van der Waals surface area contributed by atoms with Gasteiger partial charge in [0.2, 0.25) is 0 Å². The maximum atomic E-state index is 8.66. The summed E-state index contributed by atoms with van der Waals surface area (Å²) in [5.74, 6) is 0. The Labute approximate surface area is 84.9 Å². The first-order valence-electron chi connectivity index (χ1n) is 4.92. The first-order valence-corrected chi connectivity index (χ1v) is 4.92. The van der Waals surface area contributed by atoms with Crippen molar-refractivity contribution >= 4 is 5.69 Å². The van der Waals surface area contributed by atoms with Crippen molar-refractivity contribution in [2.24, 2.45) is 5.73 Å². The zero-order valence-electron chi connectivity index (χ0n) is 8.59. The van der Waals surface area contributed by atoms with E-state index in [4.69, 9.17) is 10.8 Å². The molecule has 0 aliphatic heterocycles. The van der Waals surface area contributed by atoms with Crippen LogP contribution in [-0.4, -0.2) is 24.8 Å². The van der Waals surface area contributed by atoms with E-state index in [1.54, 1.807) is 0 Å². The Bertz CT molecular complexity index is 287. The number of rotatable bonds is 5. The van der Waals surface area contributed by atoms with Crippen molar-refractivity contribution in [1.82, 2.24) is 0 Å². The van der Waals surface area contributed by atoms with Crippen LogP contribution in [0.1, 0.15) is 11.1 Å². The van der Waals surface area contributed by atoms with E-state index in [0.717, 1.165) is 12.1 Å². The molecule has 0 aromatic heterocycles. The summed E-state index contributed by atoms with van der Waals surface area (Å²) >= 11 is 0. The third kappa shape index (κ3) is 3.01. The molecule has 0 atom stereocenters. The molecular weight excluding hydrogens is 176 g/mol. The summed E-state index contributed by atoms with van der Waals surface area (Å²) in [4.78, 5) is 0. The van der Waals surface area contributed by atoms with Crippen molar-refractivity contribution in [3.05, 3.63) is 29.3 Å². The molecule has 1 aromatic rings. The van der Waals surface area contributed by atoms with E-state index in [0.29, 0.717) is 13.1 Å². The second-order valence-corrected chi connectivity index (χ2v) is 3.33. The molecule has 0 saturated heterocycles. The van der Waals surface area contributed by atoms with Crippen LogP contribution in [0.4, 0.5) is 5.69 Å². The van der Waals surface area contributed by atoms with Gasteiger partial charge in [-0.15, -0.1) is 0 Å². The largest absolute Gasteiger partial charge is 0.395 e. The molecule has 4 N–H and O–H groups in total. The van der Waals surface area contributed by atoms with Crippen LogP contribution in [-0.2, 0) is 6.42 Å². The molecule has 0 bridgehead atoms. The summed E-state index contributed by atoms with van der Waals surface area (Å²) in [6.07, 6.45) is 0.923. The Hall–Kier alpha value is -1.06. The summed E-state index contributed by atoms with van der Waals surface area (Å²) in [7, 11) is 0. The fraction of sp³-hybridized carbons (Fsp3) is 0.455. The van der Waals surface area contributed by atoms with Gasteiger partial charge >= 0.3 is 0 Å². The van der Waals surface area contributed by atoms with Gasteiger partial charge in [0.05, 0.1) is 6.61 Å². The number of aryl methyl sites for hydroxylation is 1. The van der Waals surface area contributed by atoms with Crippen molar-refractivity contribution in [3.63, 3.8) is 0 Å². The summed E-state index contributed by atoms with van der Waals surface area (Å²) in [6.45, 7) is 3.51. The van der Waals surface area contributed by atoms with Crippen molar-refractivity contribution in [2.75, 3.05) is 25.0 Å². The second kappa shape index (κ2) is 5.62. The van der Waals surface area contributed by atoms with Gasteiger partial charge in [-0.1, -0.05) is 6.07 Å². The monoisotopic (exact) mass is 194 g/mol. The Kier molecular flexibility index (Phi) is 4.43. The normalized spacial score (nSPS) is 10.2. The lowest BCUT2D eigenvalue weighted by Gasteiger charge is -2.08. The Morgan fingerprint density at radius 1 is 1.43 bits per heavy atom. The fourth-order valence-electron chi connectivity index (χ4n) is 1.44. The minimum atomic E-state index is 0.156. The van der Waals surface area contributed by atoms with Crippen LogP contribution in [0.2, 0.25) is 0 Å². The van der Waals surface area contributed by atoms with Gasteiger partial charge < -0.3 is 16.2 Å². The highest BCUT2D eigenvalue weighted by Crippen LogP contribution is 2.15. The molecule has 0 unspecified atom stereocenters. The smallest absolute Gasteiger partial charge is 0.0604 e. The molecule has 3 heteroatoms. The van der Waals surface area contributed by atoms with Crippen molar-refractivity contribution < 1.29 is 5.11 Å². The Morgan fingerprint density at radius 3 is 2.79 bits per heavy atom. The average molecular weight is 194 g/mol. The van der Waals surface area contributed by atoms with Crippen LogP contribution in [0.5, 0.6) is 0 Å². The number of aliphatic hydroxyl groups is 1. The lowest BCUT2D eigenvalue weighted by molar-refractivity contribution is 0.311. The molecule has 0 aliphatic rings. The lowest BCUT2D eigenvalue weighted by Crippen LogP contribution is -2.07. The predicted molar refractivity (Wildman–Crippen MR) is 59.5 cm³/mol. The van der Waals surface area contributed by atoms with Gasteiger partial charge in [-0.05, 0) is 43.1 Å². The van der Waals surface area contributed by atoms with E-state index in [2.05, 4.69) is 24.4 Å². The molecule has 78 valence electrons. The minimum absolute atomic E-state index is 0.156. The SMILES string of the molecule is Cc1cc(NCCO)ccc1CCN. The van der Waals surface area contributed by atoms with Crippen LogP contribution >= 0.6 is 0 Å². The first kappa shape index (κ1) is 11.0. The van der Waals surface area contributed by atoms with Gasteiger partial charge in [0.1, 0.15) is 0 Å². The van der Waals surface area contributed by atoms with Gasteiger partial charge in [-0.2, -0.15) is 0 Å². The number of nitrogens with one attached hydrogen (secondary N) is 1. The van der Waals surface area contributed by atoms with E-state index in [1.165, 1.54) is 11.1 Å². The Balaban J connectivity index is 2.68. The van der Waals surface area contributed by atoms with Crippen LogP contribution in [0, 0.1) is 6.92 Å². The molecule has 0 heterocycles. The summed E-state index contributed by atoms with van der Waals surface area (Å²) < 4.78 is 0. The maximum absolute atomic E-state index is 8.66. The minimum Gasteiger partial charge on any atom is -0.395 e. The lowest BCUT2D eigenvalue weighted by atomic mass is 10.1. The van der Waals surface area contributed by atoms with Gasteiger partial charge in [-0.3, -0.25) is 0 Å². The van der Waals surface area contributed by atoms with E-state index in [-0.39, 0.29) is 6.61 Å². The molecular formula is C11H18N2O. The number of benzene rings is 1. The highest BCUT2D eigenvalue weighted by molar-refractivity contribution is 5.48. The number of hydrogen-bond donors (Lipinski definition) is 3. The van der Waals surface area contributed by atoms with Crippen molar-refractivity contribution in [2.45, 2.75) is 13.3 Å². The van der Waals surface area contributed by atoms with Crippen molar-refractivity contribution in [1.29, 1.82) is 0 Å². The average Bonchev–Trinajstić information content (AvgIpc) is 2.19. The zero-order valence-corrected chi connectivity index (χ0v) is 8.59. The van der Waals surface area contributed by atoms with Crippen LogP contribution in [0.3, 0.4) is 0 Å². The second-order valence-electron chi connectivity index (χ2n) is 3.33. The van der Waals surface area contributed by atoms with Gasteiger partial charge in [0.15, 0.2) is 0 Å². The van der Waals surface area contributed by atoms with E-state index >= 15 is 0 Å². The van der Waals surface area contributed by atoms with Crippen LogP contribution in [0.15, 0.2) is 18.2 Å². The standard InChI is InChI=1S/C11H18N2O/c1-9-8-11(13-6-7-14)3-2-10(9)4-5-12/h2-3,8,13-14H,4-7,12H2,1H3. The van der Waals surface area contributed by atoms with Crippen LogP contribution in [0.25, 0.3) is 0 Å². The van der Waals surface area contributed by atoms with Gasteiger partial charge in [-0.25, -0.2) is 0 Å². The van der Waals surface area contributed by atoms with Crippen molar-refractivity contribution in [3.8, 4) is 0 Å². The molecule has 0 amide bonds. The number of aliphatic hydroxyl groups excluding tert-OH is 1. The Morgan fingerprint density at radius 2 is 2.21 bits per heavy atom.